The lowest BCUT2D eigenvalue weighted by atomic mass is 10.3. The molecule has 0 fully saturated rings. The number of ether oxygens (including phenoxy) is 2. The highest BCUT2D eigenvalue weighted by atomic mass is 16.5. The first-order valence-corrected chi connectivity index (χ1v) is 4.71. The Hall–Kier alpha value is -0.650. The number of aliphatic hydroxyl groups is 1. The molecule has 0 saturated heterocycles. The molecule has 0 rings (SSSR count). The van der Waals surface area contributed by atoms with Crippen molar-refractivity contribution < 1.29 is 19.4 Å². The fourth-order valence-corrected chi connectivity index (χ4v) is 0.950. The van der Waals surface area contributed by atoms with Crippen LogP contribution in [0.4, 0.5) is 0 Å². The molecule has 5 nitrogen and oxygen atoms in total. The van der Waals surface area contributed by atoms with E-state index in [-0.39, 0.29) is 18.6 Å². The third kappa shape index (κ3) is 6.82. The van der Waals surface area contributed by atoms with Crippen molar-refractivity contribution in [2.24, 2.45) is 0 Å². The maximum atomic E-state index is 11.2. The van der Waals surface area contributed by atoms with E-state index >= 15 is 0 Å². The summed E-state index contributed by atoms with van der Waals surface area (Å²) in [6.07, 6.45) is 0.314. The zero-order valence-electron chi connectivity index (χ0n) is 8.78. The zero-order valence-corrected chi connectivity index (χ0v) is 8.78. The Morgan fingerprint density at radius 3 is 2.79 bits per heavy atom. The number of nitrogens with one attached hydrogen (secondary N) is 1. The van der Waals surface area contributed by atoms with Gasteiger partial charge >= 0.3 is 0 Å². The summed E-state index contributed by atoms with van der Waals surface area (Å²) in [5.74, 6) is -0.130. The van der Waals surface area contributed by atoms with Crippen LogP contribution in [0.15, 0.2) is 0 Å². The Kier molecular flexibility index (Phi) is 8.51. The van der Waals surface area contributed by atoms with E-state index in [2.05, 4.69) is 5.32 Å². The summed E-state index contributed by atoms with van der Waals surface area (Å²) in [6.45, 7) is 3.09. The number of rotatable bonds is 8. The fourth-order valence-electron chi connectivity index (χ4n) is 0.950. The Balaban J connectivity index is 3.56. The van der Waals surface area contributed by atoms with Crippen molar-refractivity contribution in [2.75, 3.05) is 33.5 Å². The average molecular weight is 205 g/mol. The van der Waals surface area contributed by atoms with E-state index in [1.54, 1.807) is 0 Å². The summed E-state index contributed by atoms with van der Waals surface area (Å²) in [6, 6.07) is -0.325. The normalized spacial score (nSPS) is 12.5. The van der Waals surface area contributed by atoms with Gasteiger partial charge in [-0.2, -0.15) is 0 Å². The maximum absolute atomic E-state index is 11.2. The van der Waals surface area contributed by atoms with Gasteiger partial charge in [0.1, 0.15) is 0 Å². The number of hydrogen-bond donors (Lipinski definition) is 2. The van der Waals surface area contributed by atoms with Crippen LogP contribution in [0.5, 0.6) is 0 Å². The molecule has 0 radical (unpaired) electrons. The molecule has 0 spiro atoms. The molecule has 1 atom stereocenters. The molecular weight excluding hydrogens is 186 g/mol. The molecule has 0 saturated carbocycles. The molecule has 0 aromatic heterocycles. The van der Waals surface area contributed by atoms with Crippen molar-refractivity contribution in [3.63, 3.8) is 0 Å². The van der Waals surface area contributed by atoms with E-state index < -0.39 is 0 Å². The molecule has 0 bridgehead atoms. The van der Waals surface area contributed by atoms with Crippen LogP contribution in [-0.2, 0) is 14.3 Å². The highest BCUT2D eigenvalue weighted by Crippen LogP contribution is 1.88. The lowest BCUT2D eigenvalue weighted by Crippen LogP contribution is -2.40. The van der Waals surface area contributed by atoms with E-state index in [9.17, 15) is 4.79 Å². The molecular formula is C9H19NO4. The summed E-state index contributed by atoms with van der Waals surface area (Å²) in [7, 11) is 1.52. The fraction of sp³-hybridized carbons (Fsp3) is 0.889. The van der Waals surface area contributed by atoms with E-state index in [1.165, 1.54) is 7.11 Å². The molecule has 0 aliphatic heterocycles. The van der Waals surface area contributed by atoms with E-state index in [1.807, 2.05) is 6.92 Å². The van der Waals surface area contributed by atoms with Gasteiger partial charge in [-0.1, -0.05) is 0 Å². The van der Waals surface area contributed by atoms with Gasteiger partial charge in [-0.25, -0.2) is 0 Å². The molecule has 84 valence electrons. The second-order valence-electron chi connectivity index (χ2n) is 2.85. The van der Waals surface area contributed by atoms with Crippen LogP contribution in [-0.4, -0.2) is 50.6 Å². The molecule has 0 heterocycles. The summed E-state index contributed by atoms with van der Waals surface area (Å²) in [4.78, 5) is 11.2. The van der Waals surface area contributed by atoms with Crippen LogP contribution in [0.3, 0.4) is 0 Å². The number of carbonyl (C=O) groups excluding carboxylic acids is 1. The lowest BCUT2D eigenvalue weighted by molar-refractivity contribution is -0.123. The molecule has 0 aromatic carbocycles. The van der Waals surface area contributed by atoms with Gasteiger partial charge in [-0.05, 0) is 6.92 Å². The summed E-state index contributed by atoms with van der Waals surface area (Å²) in [5.41, 5.74) is 0. The van der Waals surface area contributed by atoms with E-state index in [0.29, 0.717) is 26.2 Å². The van der Waals surface area contributed by atoms with Crippen LogP contribution in [0.2, 0.25) is 0 Å². The Morgan fingerprint density at radius 1 is 1.57 bits per heavy atom. The largest absolute Gasteiger partial charge is 0.394 e. The number of methoxy groups -OCH3 is 1. The molecule has 0 aromatic rings. The smallest absolute Gasteiger partial charge is 0.222 e. The standard InChI is InChI=1S/C9H19NO4/c1-3-14-5-4-9(12)10-8(6-11)7-13-2/h8,11H,3-7H2,1-2H3,(H,10,12). The van der Waals surface area contributed by atoms with Gasteiger partial charge < -0.3 is 19.9 Å². The van der Waals surface area contributed by atoms with Crippen molar-refractivity contribution in [3.05, 3.63) is 0 Å². The summed E-state index contributed by atoms with van der Waals surface area (Å²) in [5, 5.41) is 11.5. The summed E-state index contributed by atoms with van der Waals surface area (Å²) < 4.78 is 9.84. The number of aliphatic hydroxyl groups excluding tert-OH is 1. The van der Waals surface area contributed by atoms with Crippen molar-refractivity contribution in [2.45, 2.75) is 19.4 Å². The highest BCUT2D eigenvalue weighted by molar-refractivity contribution is 5.76. The van der Waals surface area contributed by atoms with Gasteiger partial charge in [0, 0.05) is 20.1 Å². The third-order valence-corrected chi connectivity index (χ3v) is 1.63. The van der Waals surface area contributed by atoms with Crippen LogP contribution in [0, 0.1) is 0 Å². The first-order chi connectivity index (χ1) is 6.74. The number of amides is 1. The highest BCUT2D eigenvalue weighted by Gasteiger charge is 2.10. The van der Waals surface area contributed by atoms with Crippen LogP contribution < -0.4 is 5.32 Å². The van der Waals surface area contributed by atoms with Gasteiger partial charge in [0.2, 0.25) is 5.91 Å². The third-order valence-electron chi connectivity index (χ3n) is 1.63. The van der Waals surface area contributed by atoms with Gasteiger partial charge in [0.25, 0.3) is 0 Å². The summed E-state index contributed by atoms with van der Waals surface area (Å²) >= 11 is 0. The Morgan fingerprint density at radius 2 is 2.29 bits per heavy atom. The van der Waals surface area contributed by atoms with Crippen molar-refractivity contribution in [1.82, 2.24) is 5.32 Å². The number of carbonyl (C=O) groups is 1. The van der Waals surface area contributed by atoms with E-state index in [4.69, 9.17) is 14.6 Å². The molecule has 5 heteroatoms. The van der Waals surface area contributed by atoms with Crippen LogP contribution in [0.25, 0.3) is 0 Å². The van der Waals surface area contributed by atoms with Gasteiger partial charge in [-0.3, -0.25) is 4.79 Å². The van der Waals surface area contributed by atoms with Crippen molar-refractivity contribution in [1.29, 1.82) is 0 Å². The number of hydrogen-bond acceptors (Lipinski definition) is 4. The molecule has 1 amide bonds. The molecule has 0 aliphatic rings. The molecule has 2 N–H and O–H groups in total. The zero-order chi connectivity index (χ0) is 10.8. The van der Waals surface area contributed by atoms with Crippen molar-refractivity contribution >= 4 is 5.91 Å². The monoisotopic (exact) mass is 205 g/mol. The molecule has 14 heavy (non-hydrogen) atoms. The first-order valence-electron chi connectivity index (χ1n) is 4.71. The van der Waals surface area contributed by atoms with Gasteiger partial charge in [0.15, 0.2) is 0 Å². The quantitative estimate of drug-likeness (QED) is 0.526. The van der Waals surface area contributed by atoms with Crippen LogP contribution in [0.1, 0.15) is 13.3 Å². The predicted molar refractivity (Wildman–Crippen MR) is 52.0 cm³/mol. The molecule has 1 unspecified atom stereocenters. The lowest BCUT2D eigenvalue weighted by Gasteiger charge is -2.14. The minimum atomic E-state index is -0.325. The van der Waals surface area contributed by atoms with Crippen LogP contribution >= 0.6 is 0 Å². The van der Waals surface area contributed by atoms with Gasteiger partial charge in [0.05, 0.1) is 25.9 Å². The Labute approximate surface area is 84.4 Å². The second-order valence-corrected chi connectivity index (χ2v) is 2.85. The van der Waals surface area contributed by atoms with Gasteiger partial charge in [-0.15, -0.1) is 0 Å². The second kappa shape index (κ2) is 8.93. The molecule has 0 aliphatic carbocycles. The minimum absolute atomic E-state index is 0.117. The SMILES string of the molecule is CCOCCC(=O)NC(CO)COC. The predicted octanol–water partition coefficient (Wildman–Crippen LogP) is -0.463. The average Bonchev–Trinajstić information content (AvgIpc) is 2.17. The van der Waals surface area contributed by atoms with E-state index in [0.717, 1.165) is 0 Å². The Bertz CT molecular complexity index is 152. The maximum Gasteiger partial charge on any atom is 0.222 e. The van der Waals surface area contributed by atoms with Crippen molar-refractivity contribution in [3.8, 4) is 0 Å². The first kappa shape index (κ1) is 13.4. The topological polar surface area (TPSA) is 67.8 Å². The minimum Gasteiger partial charge on any atom is -0.394 e.